The molecule has 2 aliphatic heterocycles. The molecule has 2 atom stereocenters. The Labute approximate surface area is 198 Å². The van der Waals surface area contributed by atoms with Gasteiger partial charge in [-0.15, -0.1) is 0 Å². The highest BCUT2D eigenvalue weighted by molar-refractivity contribution is 9.10. The first-order valence-corrected chi connectivity index (χ1v) is 11.6. The highest BCUT2D eigenvalue weighted by Crippen LogP contribution is 2.47. The van der Waals surface area contributed by atoms with Crippen molar-refractivity contribution in [1.82, 2.24) is 0 Å². The highest BCUT2D eigenvalue weighted by atomic mass is 79.9. The molecule has 0 aromatic heterocycles. The predicted molar refractivity (Wildman–Crippen MR) is 127 cm³/mol. The fraction of sp³-hybridized carbons (Fsp3) is 0.192. The lowest BCUT2D eigenvalue weighted by atomic mass is 9.78. The van der Waals surface area contributed by atoms with Crippen molar-refractivity contribution < 1.29 is 18.7 Å². The maximum atomic E-state index is 13.6. The minimum atomic E-state index is -0.373. The number of rotatable bonds is 2. The molecule has 33 heavy (non-hydrogen) atoms. The van der Waals surface area contributed by atoms with Crippen molar-refractivity contribution in [1.29, 1.82) is 0 Å². The van der Waals surface area contributed by atoms with Crippen LogP contribution in [0.4, 0.5) is 15.8 Å². The number of benzene rings is 3. The Kier molecular flexibility index (Phi) is 4.87. The molecule has 0 saturated heterocycles. The van der Waals surface area contributed by atoms with Gasteiger partial charge in [-0.05, 0) is 59.9 Å². The molecule has 0 radical (unpaired) electrons. The fourth-order valence-corrected chi connectivity index (χ4v) is 5.40. The summed E-state index contributed by atoms with van der Waals surface area (Å²) in [5, 5.41) is 7.11. The summed E-state index contributed by atoms with van der Waals surface area (Å²) in [5.41, 5.74) is 5.28. The number of hydrogen-bond donors (Lipinski definition) is 2. The summed E-state index contributed by atoms with van der Waals surface area (Å²) in [6, 6.07) is 17.8. The van der Waals surface area contributed by atoms with Crippen molar-refractivity contribution in [3.8, 4) is 11.5 Å². The number of carbonyl (C=O) groups excluding carboxylic acids is 1. The van der Waals surface area contributed by atoms with Crippen LogP contribution < -0.4 is 20.1 Å². The van der Waals surface area contributed by atoms with E-state index < -0.39 is 0 Å². The molecule has 0 spiro atoms. The minimum Gasteiger partial charge on any atom is -0.454 e. The molecule has 3 aliphatic rings. The minimum absolute atomic E-state index is 0.0181. The topological polar surface area (TPSA) is 59.6 Å². The molecule has 6 rings (SSSR count). The molecule has 3 aromatic rings. The molecule has 3 aromatic carbocycles. The fourth-order valence-electron chi connectivity index (χ4n) is 4.85. The van der Waals surface area contributed by atoms with Gasteiger partial charge in [0, 0.05) is 22.2 Å². The number of Topliss-reactive ketones (excluding diaryl/α,β-unsaturated/α-hetero) is 1. The lowest BCUT2D eigenvalue weighted by molar-refractivity contribution is -0.116. The standard InChI is InChI=1S/C26H20BrFN2O3/c27-18-12-24-23(32-13-33-24)11-17(18)26-25-21(29-19-3-1-2-4-20(19)30-26)9-15(10-22(25)31)14-5-7-16(28)8-6-14/h1-8,11-12,15,26,29-30H,9-10,13H2. The molecular weight excluding hydrogens is 487 g/mol. The van der Waals surface area contributed by atoms with Gasteiger partial charge in [-0.25, -0.2) is 4.39 Å². The lowest BCUT2D eigenvalue weighted by Crippen LogP contribution is -2.27. The highest BCUT2D eigenvalue weighted by Gasteiger charge is 2.37. The van der Waals surface area contributed by atoms with E-state index in [0.717, 1.165) is 32.7 Å². The molecule has 2 N–H and O–H groups in total. The zero-order chi connectivity index (χ0) is 22.5. The van der Waals surface area contributed by atoms with Crippen LogP contribution in [0.25, 0.3) is 0 Å². The summed E-state index contributed by atoms with van der Waals surface area (Å²) in [5.74, 6) is 1.11. The summed E-state index contributed by atoms with van der Waals surface area (Å²) in [6.07, 6.45) is 1.02. The summed E-state index contributed by atoms with van der Waals surface area (Å²) in [7, 11) is 0. The normalized spacial score (nSPS) is 21.0. The van der Waals surface area contributed by atoms with Crippen molar-refractivity contribution in [2.24, 2.45) is 0 Å². The van der Waals surface area contributed by atoms with Crippen molar-refractivity contribution in [2.75, 3.05) is 17.4 Å². The Bertz CT molecular complexity index is 1310. The SMILES string of the molecule is O=C1CC(c2ccc(F)cc2)CC2=C1C(c1cc3c(cc1Br)OCO3)Nc1ccccc1N2. The average Bonchev–Trinajstić information content (AvgIpc) is 3.18. The Morgan fingerprint density at radius 1 is 0.939 bits per heavy atom. The molecule has 0 fully saturated rings. The number of fused-ring (bicyclic) bond motifs is 2. The van der Waals surface area contributed by atoms with Gasteiger partial charge in [0.15, 0.2) is 17.3 Å². The second kappa shape index (κ2) is 7.92. The van der Waals surface area contributed by atoms with Gasteiger partial charge >= 0.3 is 0 Å². The molecule has 7 heteroatoms. The smallest absolute Gasteiger partial charge is 0.231 e. The third-order valence-electron chi connectivity index (χ3n) is 6.45. The van der Waals surface area contributed by atoms with E-state index in [2.05, 4.69) is 26.6 Å². The van der Waals surface area contributed by atoms with Crippen LogP contribution in [-0.2, 0) is 4.79 Å². The molecule has 166 valence electrons. The lowest BCUT2D eigenvalue weighted by Gasteiger charge is -2.30. The van der Waals surface area contributed by atoms with Gasteiger partial charge in [0.25, 0.3) is 0 Å². The number of ketones is 1. The van der Waals surface area contributed by atoms with Crippen LogP contribution in [0.3, 0.4) is 0 Å². The quantitative estimate of drug-likeness (QED) is 0.427. The van der Waals surface area contributed by atoms with Gasteiger partial charge in [0.1, 0.15) is 5.82 Å². The molecule has 2 heterocycles. The van der Waals surface area contributed by atoms with Gasteiger partial charge in [-0.2, -0.15) is 0 Å². The Balaban J connectivity index is 1.47. The third kappa shape index (κ3) is 3.56. The zero-order valence-corrected chi connectivity index (χ0v) is 19.1. The van der Waals surface area contributed by atoms with E-state index in [-0.39, 0.29) is 30.4 Å². The first-order chi connectivity index (χ1) is 16.1. The molecule has 0 saturated carbocycles. The van der Waals surface area contributed by atoms with Crippen molar-refractivity contribution in [3.63, 3.8) is 0 Å². The maximum absolute atomic E-state index is 13.6. The number of hydrogen-bond acceptors (Lipinski definition) is 5. The monoisotopic (exact) mass is 506 g/mol. The van der Waals surface area contributed by atoms with Gasteiger partial charge < -0.3 is 20.1 Å². The Hall–Kier alpha value is -3.32. The van der Waals surface area contributed by atoms with Crippen LogP contribution in [0.15, 0.2) is 76.4 Å². The van der Waals surface area contributed by atoms with Crippen LogP contribution in [0.5, 0.6) is 11.5 Å². The molecule has 0 amide bonds. The molecular formula is C26H20BrFN2O3. The number of ether oxygens (including phenoxy) is 2. The summed E-state index contributed by atoms with van der Waals surface area (Å²) in [4.78, 5) is 13.6. The van der Waals surface area contributed by atoms with E-state index >= 15 is 0 Å². The number of halogens is 2. The van der Waals surface area contributed by atoms with Crippen LogP contribution in [0.1, 0.15) is 35.9 Å². The second-order valence-corrected chi connectivity index (χ2v) is 9.30. The average molecular weight is 507 g/mol. The van der Waals surface area contributed by atoms with E-state index in [1.54, 1.807) is 12.1 Å². The first-order valence-electron chi connectivity index (χ1n) is 10.8. The van der Waals surface area contributed by atoms with Gasteiger partial charge in [-0.1, -0.05) is 40.2 Å². The van der Waals surface area contributed by atoms with E-state index in [1.165, 1.54) is 12.1 Å². The summed E-state index contributed by atoms with van der Waals surface area (Å²) in [6.45, 7) is 0.180. The number of allylic oxidation sites excluding steroid dienone is 1. The van der Waals surface area contributed by atoms with E-state index in [9.17, 15) is 9.18 Å². The number of para-hydroxylation sites is 2. The van der Waals surface area contributed by atoms with Crippen LogP contribution in [-0.4, -0.2) is 12.6 Å². The van der Waals surface area contributed by atoms with Crippen LogP contribution in [0, 0.1) is 5.82 Å². The Morgan fingerprint density at radius 2 is 1.67 bits per heavy atom. The van der Waals surface area contributed by atoms with Crippen molar-refractivity contribution in [2.45, 2.75) is 24.8 Å². The second-order valence-electron chi connectivity index (χ2n) is 8.45. The van der Waals surface area contributed by atoms with E-state index in [4.69, 9.17) is 9.47 Å². The summed E-state index contributed by atoms with van der Waals surface area (Å²) >= 11 is 3.68. The number of carbonyl (C=O) groups is 1. The molecule has 1 aliphatic carbocycles. The largest absolute Gasteiger partial charge is 0.454 e. The van der Waals surface area contributed by atoms with Gasteiger partial charge in [0.2, 0.25) is 6.79 Å². The van der Waals surface area contributed by atoms with Crippen molar-refractivity contribution >= 4 is 33.1 Å². The van der Waals surface area contributed by atoms with Crippen molar-refractivity contribution in [3.05, 3.63) is 93.4 Å². The number of nitrogens with one attached hydrogen (secondary N) is 2. The van der Waals surface area contributed by atoms with E-state index in [0.29, 0.717) is 29.9 Å². The van der Waals surface area contributed by atoms with Crippen LogP contribution >= 0.6 is 15.9 Å². The maximum Gasteiger partial charge on any atom is 0.231 e. The van der Waals surface area contributed by atoms with Gasteiger partial charge in [0.05, 0.1) is 17.4 Å². The zero-order valence-electron chi connectivity index (χ0n) is 17.5. The third-order valence-corrected chi connectivity index (χ3v) is 7.14. The molecule has 0 bridgehead atoms. The van der Waals surface area contributed by atoms with Gasteiger partial charge in [-0.3, -0.25) is 4.79 Å². The molecule has 5 nitrogen and oxygen atoms in total. The Morgan fingerprint density at radius 3 is 2.45 bits per heavy atom. The summed E-state index contributed by atoms with van der Waals surface area (Å²) < 4.78 is 25.4. The first kappa shape index (κ1) is 20.3. The molecule has 2 unspecified atom stereocenters. The predicted octanol–water partition coefficient (Wildman–Crippen LogP) is 6.30. The van der Waals surface area contributed by atoms with E-state index in [1.807, 2.05) is 36.4 Å². The van der Waals surface area contributed by atoms with Crippen LogP contribution in [0.2, 0.25) is 0 Å². The number of anilines is 2.